The molecular formula is C8H18O2PS2-. The minimum Gasteiger partial charge on any atom is -0.691 e. The van der Waals surface area contributed by atoms with Crippen molar-refractivity contribution in [1.29, 1.82) is 0 Å². The van der Waals surface area contributed by atoms with Gasteiger partial charge in [0.1, 0.15) is 0 Å². The van der Waals surface area contributed by atoms with E-state index in [2.05, 4.69) is 0 Å². The van der Waals surface area contributed by atoms with Gasteiger partial charge in [-0.15, -0.1) is 0 Å². The van der Waals surface area contributed by atoms with E-state index in [4.69, 9.17) is 33.1 Å². The van der Waals surface area contributed by atoms with Crippen LogP contribution >= 0.6 is 5.69 Å². The van der Waals surface area contributed by atoms with Gasteiger partial charge in [0.2, 0.25) is 0 Å². The summed E-state index contributed by atoms with van der Waals surface area (Å²) in [5, 5.41) is 0. The Labute approximate surface area is 91.7 Å². The maximum absolute atomic E-state index is 5.52. The summed E-state index contributed by atoms with van der Waals surface area (Å²) in [5.74, 6) is 0. The van der Waals surface area contributed by atoms with Crippen molar-refractivity contribution < 1.29 is 9.05 Å². The third-order valence-electron chi connectivity index (χ3n) is 0.771. The number of hydrogen-bond acceptors (Lipinski definition) is 4. The van der Waals surface area contributed by atoms with Gasteiger partial charge in [-0.05, 0) is 41.5 Å². The average Bonchev–Trinajstić information content (AvgIpc) is 1.43. The summed E-state index contributed by atoms with van der Waals surface area (Å²) in [7, 11) is 0. The van der Waals surface area contributed by atoms with Gasteiger partial charge >= 0.3 is 0 Å². The van der Waals surface area contributed by atoms with Gasteiger partial charge in [0, 0.05) is 0 Å². The maximum atomic E-state index is 5.52. The van der Waals surface area contributed by atoms with Crippen LogP contribution in [0.4, 0.5) is 0 Å². The smallest absolute Gasteiger partial charge is 0.0654 e. The average molecular weight is 241 g/mol. The van der Waals surface area contributed by atoms with Gasteiger partial charge in [-0.2, -0.15) is 0 Å². The Kier molecular flexibility index (Phi) is 4.49. The first-order valence-electron chi connectivity index (χ1n) is 4.14. The van der Waals surface area contributed by atoms with E-state index in [0.717, 1.165) is 0 Å². The van der Waals surface area contributed by atoms with E-state index in [9.17, 15) is 0 Å². The quantitative estimate of drug-likeness (QED) is 0.544. The molecule has 0 heterocycles. The van der Waals surface area contributed by atoms with Crippen molar-refractivity contribution in [2.75, 3.05) is 0 Å². The first kappa shape index (κ1) is 13.9. The molecule has 0 unspecified atom stereocenters. The van der Waals surface area contributed by atoms with E-state index in [0.29, 0.717) is 0 Å². The molecule has 0 atom stereocenters. The Morgan fingerprint density at radius 3 is 1.31 bits per heavy atom. The van der Waals surface area contributed by atoms with E-state index < -0.39 is 5.69 Å². The highest BCUT2D eigenvalue weighted by Gasteiger charge is 2.21. The summed E-state index contributed by atoms with van der Waals surface area (Å²) < 4.78 is 11.0. The van der Waals surface area contributed by atoms with E-state index in [1.165, 1.54) is 0 Å². The summed E-state index contributed by atoms with van der Waals surface area (Å²) in [4.78, 5) is 0. The van der Waals surface area contributed by atoms with Crippen molar-refractivity contribution in [2.45, 2.75) is 52.7 Å². The van der Waals surface area contributed by atoms with Crippen LogP contribution in [-0.2, 0) is 33.1 Å². The Hall–Kier alpha value is 0.920. The van der Waals surface area contributed by atoms with Crippen LogP contribution in [0.3, 0.4) is 0 Å². The highest BCUT2D eigenvalue weighted by Crippen LogP contribution is 2.52. The van der Waals surface area contributed by atoms with Gasteiger partial charge in [-0.1, -0.05) is 11.8 Å². The van der Waals surface area contributed by atoms with Gasteiger partial charge in [0.05, 0.1) is 16.9 Å². The summed E-state index contributed by atoms with van der Waals surface area (Å²) in [6, 6.07) is 0. The molecule has 0 amide bonds. The lowest BCUT2D eigenvalue weighted by Gasteiger charge is -2.39. The number of hydrogen-bond donors (Lipinski definition) is 0. The van der Waals surface area contributed by atoms with Crippen molar-refractivity contribution >= 4 is 29.7 Å². The van der Waals surface area contributed by atoms with Crippen LogP contribution < -0.4 is 0 Å². The molecule has 0 aromatic carbocycles. The van der Waals surface area contributed by atoms with E-state index in [-0.39, 0.29) is 11.2 Å². The van der Waals surface area contributed by atoms with Crippen LogP contribution in [0.2, 0.25) is 0 Å². The van der Waals surface area contributed by atoms with Gasteiger partial charge < -0.3 is 21.3 Å². The highest BCUT2D eigenvalue weighted by molar-refractivity contribution is 8.51. The Balaban J connectivity index is 4.35. The van der Waals surface area contributed by atoms with Gasteiger partial charge in [0.15, 0.2) is 0 Å². The van der Waals surface area contributed by atoms with Gasteiger partial charge in [0.25, 0.3) is 0 Å². The number of rotatable bonds is 2. The lowest BCUT2D eigenvalue weighted by molar-refractivity contribution is 0.0797. The second-order valence-corrected chi connectivity index (χ2v) is 9.69. The topological polar surface area (TPSA) is 18.5 Å². The Morgan fingerprint density at radius 2 is 1.15 bits per heavy atom. The normalized spacial score (nSPS) is 14.7. The van der Waals surface area contributed by atoms with Crippen molar-refractivity contribution in [3.05, 3.63) is 0 Å². The van der Waals surface area contributed by atoms with Crippen LogP contribution in [-0.4, -0.2) is 11.2 Å². The van der Waals surface area contributed by atoms with Crippen molar-refractivity contribution in [3.8, 4) is 0 Å². The second-order valence-electron chi connectivity index (χ2n) is 4.85. The monoisotopic (exact) mass is 241 g/mol. The molecular weight excluding hydrogens is 223 g/mol. The maximum Gasteiger partial charge on any atom is 0.0654 e. The third-order valence-corrected chi connectivity index (χ3v) is 3.21. The minimum atomic E-state index is -2.52. The summed E-state index contributed by atoms with van der Waals surface area (Å²) in [5.41, 5.74) is -3.18. The summed E-state index contributed by atoms with van der Waals surface area (Å²) in [6.07, 6.45) is 0. The largest absolute Gasteiger partial charge is 0.691 e. The molecule has 0 saturated heterocycles. The molecule has 0 aromatic heterocycles. The highest BCUT2D eigenvalue weighted by atomic mass is 32.9. The predicted molar refractivity (Wildman–Crippen MR) is 63.3 cm³/mol. The Bertz CT molecular complexity index is 195. The van der Waals surface area contributed by atoms with E-state index in [1.54, 1.807) is 0 Å². The molecule has 0 radical (unpaired) electrons. The molecule has 0 aliphatic rings. The van der Waals surface area contributed by atoms with E-state index in [1.807, 2.05) is 41.5 Å². The van der Waals surface area contributed by atoms with Crippen LogP contribution in [0.15, 0.2) is 0 Å². The van der Waals surface area contributed by atoms with Gasteiger partial charge in [-0.25, -0.2) is 0 Å². The van der Waals surface area contributed by atoms with Crippen LogP contribution in [0.5, 0.6) is 0 Å². The zero-order chi connectivity index (χ0) is 10.9. The molecule has 5 heteroatoms. The van der Waals surface area contributed by atoms with Gasteiger partial charge in [-0.3, -0.25) is 0 Å². The molecule has 0 bridgehead atoms. The zero-order valence-electron chi connectivity index (χ0n) is 9.08. The minimum absolute atomic E-state index is 0.331. The standard InChI is InChI=1S/C8H19O2PS2/c1-7(2,3)9-11(12,13)10-8(4,5)6/h1-6H3,(H,12,13)/p-1. The van der Waals surface area contributed by atoms with Crippen molar-refractivity contribution in [1.82, 2.24) is 0 Å². The lowest BCUT2D eigenvalue weighted by Crippen LogP contribution is -2.22. The second kappa shape index (κ2) is 4.19. The molecule has 13 heavy (non-hydrogen) atoms. The molecule has 0 aromatic rings. The predicted octanol–water partition coefficient (Wildman–Crippen LogP) is 3.39. The summed E-state index contributed by atoms with van der Waals surface area (Å²) in [6.45, 7) is 11.5. The zero-order valence-corrected chi connectivity index (χ0v) is 11.6. The third kappa shape index (κ3) is 9.23. The fourth-order valence-electron chi connectivity index (χ4n) is 0.689. The molecule has 0 N–H and O–H groups in total. The molecule has 2 nitrogen and oxygen atoms in total. The fourth-order valence-corrected chi connectivity index (χ4v) is 4.75. The lowest BCUT2D eigenvalue weighted by atomic mass is 10.2. The molecule has 0 rings (SSSR count). The first-order chi connectivity index (χ1) is 5.41. The molecule has 0 aliphatic carbocycles. The van der Waals surface area contributed by atoms with Crippen LogP contribution in [0, 0.1) is 0 Å². The molecule has 80 valence electrons. The summed E-state index contributed by atoms with van der Waals surface area (Å²) >= 11 is 10.2. The van der Waals surface area contributed by atoms with Crippen LogP contribution in [0.25, 0.3) is 0 Å². The molecule has 0 spiro atoms. The molecule has 0 saturated carbocycles. The van der Waals surface area contributed by atoms with Crippen molar-refractivity contribution in [3.63, 3.8) is 0 Å². The molecule has 0 fully saturated rings. The first-order valence-corrected chi connectivity index (χ1v) is 7.79. The SMILES string of the molecule is CC(C)(C)OP(=S)([S-])OC(C)(C)C. The van der Waals surface area contributed by atoms with Crippen LogP contribution in [0.1, 0.15) is 41.5 Å². The van der Waals surface area contributed by atoms with Crippen molar-refractivity contribution in [2.24, 2.45) is 0 Å². The fraction of sp³-hybridized carbons (Fsp3) is 1.00. The Morgan fingerprint density at radius 1 is 0.923 bits per heavy atom. The van der Waals surface area contributed by atoms with E-state index >= 15 is 0 Å². The molecule has 0 aliphatic heterocycles.